The van der Waals surface area contributed by atoms with Gasteiger partial charge in [-0.05, 0) is 54.2 Å². The molecule has 0 spiro atoms. The molecule has 0 radical (unpaired) electrons. The van der Waals surface area contributed by atoms with Crippen LogP contribution in [0.3, 0.4) is 0 Å². The summed E-state index contributed by atoms with van der Waals surface area (Å²) in [6.45, 7) is 2.12. The predicted octanol–water partition coefficient (Wildman–Crippen LogP) is 3.57. The number of rotatable bonds is 1. The van der Waals surface area contributed by atoms with Gasteiger partial charge in [0.2, 0.25) is 0 Å². The quantitative estimate of drug-likeness (QED) is 0.862. The number of carboxylic acid groups (broad SMARTS) is 1. The van der Waals surface area contributed by atoms with Crippen LogP contribution in [-0.2, 0) is 0 Å². The Kier molecular flexibility index (Phi) is 2.27. The second kappa shape index (κ2) is 3.48. The molecule has 2 aliphatic rings. The Morgan fingerprint density at radius 2 is 2.35 bits per heavy atom. The molecule has 3 rings (SSSR count). The van der Waals surface area contributed by atoms with Crippen molar-refractivity contribution in [1.29, 1.82) is 0 Å². The normalized spacial score (nSPS) is 29.6. The Labute approximate surface area is 108 Å². The van der Waals surface area contributed by atoms with Crippen molar-refractivity contribution in [3.05, 3.63) is 27.7 Å². The van der Waals surface area contributed by atoms with E-state index in [1.54, 1.807) is 12.1 Å². The first-order valence-electron chi connectivity index (χ1n) is 5.77. The van der Waals surface area contributed by atoms with Gasteiger partial charge in [0.15, 0.2) is 0 Å². The molecule has 17 heavy (non-hydrogen) atoms. The summed E-state index contributed by atoms with van der Waals surface area (Å²) in [5.41, 5.74) is 1.24. The van der Waals surface area contributed by atoms with Crippen LogP contribution in [0.5, 0.6) is 5.75 Å². The monoisotopic (exact) mass is 296 g/mol. The Bertz CT molecular complexity index is 512. The first-order valence-corrected chi connectivity index (χ1v) is 6.56. The van der Waals surface area contributed by atoms with Crippen molar-refractivity contribution in [2.75, 3.05) is 0 Å². The molecule has 1 aromatic carbocycles. The van der Waals surface area contributed by atoms with Gasteiger partial charge in [-0.15, -0.1) is 0 Å². The van der Waals surface area contributed by atoms with Gasteiger partial charge in [0.25, 0.3) is 0 Å². The van der Waals surface area contributed by atoms with E-state index in [0.29, 0.717) is 11.5 Å². The zero-order valence-corrected chi connectivity index (χ0v) is 11.1. The van der Waals surface area contributed by atoms with Crippen molar-refractivity contribution in [1.82, 2.24) is 0 Å². The molecule has 3 nitrogen and oxygen atoms in total. The average Bonchev–Trinajstić information content (AvgIpc) is 2.73. The highest BCUT2D eigenvalue weighted by atomic mass is 79.9. The summed E-state index contributed by atoms with van der Waals surface area (Å²) >= 11 is 3.41. The molecule has 90 valence electrons. The number of aromatic carboxylic acids is 1. The second-order valence-electron chi connectivity index (χ2n) is 5.04. The number of ether oxygens (including phenoxy) is 1. The molecule has 1 aliphatic carbocycles. The van der Waals surface area contributed by atoms with E-state index >= 15 is 0 Å². The van der Waals surface area contributed by atoms with Gasteiger partial charge < -0.3 is 9.84 Å². The molecule has 0 saturated heterocycles. The molecule has 0 unspecified atom stereocenters. The van der Waals surface area contributed by atoms with Gasteiger partial charge in [-0.3, -0.25) is 0 Å². The molecular weight excluding hydrogens is 284 g/mol. The molecule has 1 aromatic rings. The highest BCUT2D eigenvalue weighted by Crippen LogP contribution is 2.55. The van der Waals surface area contributed by atoms with E-state index in [9.17, 15) is 4.79 Å². The van der Waals surface area contributed by atoms with Gasteiger partial charge in [0.05, 0.1) is 10.0 Å². The van der Waals surface area contributed by atoms with E-state index < -0.39 is 5.97 Å². The minimum atomic E-state index is -0.889. The van der Waals surface area contributed by atoms with E-state index in [1.807, 2.05) is 0 Å². The van der Waals surface area contributed by atoms with Crippen molar-refractivity contribution >= 4 is 21.9 Å². The lowest BCUT2D eigenvalue weighted by Gasteiger charge is -2.23. The smallest absolute Gasteiger partial charge is 0.335 e. The Morgan fingerprint density at radius 1 is 1.59 bits per heavy atom. The lowest BCUT2D eigenvalue weighted by Crippen LogP contribution is -2.29. The van der Waals surface area contributed by atoms with Crippen LogP contribution < -0.4 is 4.74 Å². The van der Waals surface area contributed by atoms with E-state index in [0.717, 1.165) is 35.0 Å². The molecule has 1 saturated carbocycles. The van der Waals surface area contributed by atoms with Crippen LogP contribution in [0, 0.1) is 0 Å². The maximum Gasteiger partial charge on any atom is 0.335 e. The summed E-state index contributed by atoms with van der Waals surface area (Å²) < 4.78 is 6.80. The number of halogens is 1. The molecule has 0 bridgehead atoms. The maximum absolute atomic E-state index is 11.1. The van der Waals surface area contributed by atoms with Crippen molar-refractivity contribution in [2.24, 2.45) is 0 Å². The van der Waals surface area contributed by atoms with E-state index in [2.05, 4.69) is 22.9 Å². The van der Waals surface area contributed by atoms with Crippen LogP contribution in [0.15, 0.2) is 16.6 Å². The fourth-order valence-corrected chi connectivity index (χ4v) is 3.64. The average molecular weight is 297 g/mol. The molecule has 0 amide bonds. The number of benzene rings is 1. The number of hydrogen-bond acceptors (Lipinski definition) is 2. The van der Waals surface area contributed by atoms with Gasteiger partial charge in [-0.1, -0.05) is 0 Å². The van der Waals surface area contributed by atoms with Gasteiger partial charge in [0.1, 0.15) is 11.4 Å². The molecule has 0 aromatic heterocycles. The second-order valence-corrected chi connectivity index (χ2v) is 5.90. The van der Waals surface area contributed by atoms with Crippen LogP contribution in [0.25, 0.3) is 0 Å². The standard InChI is InChI=1S/C13H13BrO3/c1-13-4-2-3-9(13)8-5-7(12(15)16)6-10(14)11(8)17-13/h5-6,9H,2-4H2,1H3,(H,15,16)/t9-,13-/m1/s1. The lowest BCUT2D eigenvalue weighted by atomic mass is 9.88. The zero-order chi connectivity index (χ0) is 12.2. The first kappa shape index (κ1) is 11.1. The third-order valence-corrected chi connectivity index (χ3v) is 4.52. The van der Waals surface area contributed by atoms with Gasteiger partial charge in [0, 0.05) is 11.5 Å². The molecule has 1 aliphatic heterocycles. The summed E-state index contributed by atoms with van der Waals surface area (Å²) in [5, 5.41) is 9.08. The van der Waals surface area contributed by atoms with E-state index in [4.69, 9.17) is 9.84 Å². The third kappa shape index (κ3) is 1.50. The highest BCUT2D eigenvalue weighted by molar-refractivity contribution is 9.10. The summed E-state index contributed by atoms with van der Waals surface area (Å²) in [7, 11) is 0. The number of carboxylic acids is 1. The van der Waals surface area contributed by atoms with Gasteiger partial charge in [-0.25, -0.2) is 4.79 Å². The Morgan fingerprint density at radius 3 is 3.06 bits per heavy atom. The predicted molar refractivity (Wildman–Crippen MR) is 66.7 cm³/mol. The molecule has 1 N–H and O–H groups in total. The minimum Gasteiger partial charge on any atom is -0.485 e. The van der Waals surface area contributed by atoms with Crippen LogP contribution >= 0.6 is 15.9 Å². The van der Waals surface area contributed by atoms with Gasteiger partial charge >= 0.3 is 5.97 Å². The topological polar surface area (TPSA) is 46.5 Å². The fourth-order valence-electron chi connectivity index (χ4n) is 3.08. The van der Waals surface area contributed by atoms with Crippen LogP contribution in [0.4, 0.5) is 0 Å². The molecular formula is C13H13BrO3. The Balaban J connectivity index is 2.16. The van der Waals surface area contributed by atoms with Gasteiger partial charge in [-0.2, -0.15) is 0 Å². The minimum absolute atomic E-state index is 0.137. The largest absolute Gasteiger partial charge is 0.485 e. The van der Waals surface area contributed by atoms with Crippen LogP contribution in [-0.4, -0.2) is 16.7 Å². The number of carbonyl (C=O) groups is 1. The molecule has 1 fully saturated rings. The van der Waals surface area contributed by atoms with Crippen molar-refractivity contribution in [2.45, 2.75) is 37.7 Å². The van der Waals surface area contributed by atoms with Crippen LogP contribution in [0.1, 0.15) is 48.0 Å². The maximum atomic E-state index is 11.1. The van der Waals surface area contributed by atoms with E-state index in [1.165, 1.54) is 0 Å². The summed E-state index contributed by atoms with van der Waals surface area (Å²) in [6.07, 6.45) is 3.27. The summed E-state index contributed by atoms with van der Waals surface area (Å²) in [4.78, 5) is 11.1. The Hall–Kier alpha value is -1.03. The fraction of sp³-hybridized carbons (Fsp3) is 0.462. The first-order chi connectivity index (χ1) is 8.01. The molecule has 4 heteroatoms. The summed E-state index contributed by atoms with van der Waals surface area (Å²) in [6, 6.07) is 3.38. The van der Waals surface area contributed by atoms with Crippen molar-refractivity contribution in [3.8, 4) is 5.75 Å². The summed E-state index contributed by atoms with van der Waals surface area (Å²) in [5.74, 6) is 0.287. The third-order valence-electron chi connectivity index (χ3n) is 3.93. The van der Waals surface area contributed by atoms with Crippen LogP contribution in [0.2, 0.25) is 0 Å². The molecule has 2 atom stereocenters. The highest BCUT2D eigenvalue weighted by Gasteiger charge is 2.48. The molecule has 1 heterocycles. The zero-order valence-electron chi connectivity index (χ0n) is 9.50. The van der Waals surface area contributed by atoms with Crippen molar-refractivity contribution in [3.63, 3.8) is 0 Å². The number of fused-ring (bicyclic) bond motifs is 3. The number of hydrogen-bond donors (Lipinski definition) is 1. The van der Waals surface area contributed by atoms with E-state index in [-0.39, 0.29) is 5.60 Å². The van der Waals surface area contributed by atoms with Crippen molar-refractivity contribution < 1.29 is 14.6 Å². The lowest BCUT2D eigenvalue weighted by molar-refractivity contribution is 0.0696. The SMILES string of the molecule is C[C@@]12CCC[C@@H]1c1cc(C(=O)O)cc(Br)c1O2.